The van der Waals surface area contributed by atoms with Gasteiger partial charge >= 0.3 is 0 Å². The molecular weight excluding hydrogens is 238 g/mol. The molecule has 2 amide bonds. The predicted octanol–water partition coefficient (Wildman–Crippen LogP) is -0.272. The third-order valence-corrected chi connectivity index (χ3v) is 4.37. The molecule has 2 saturated heterocycles. The lowest BCUT2D eigenvalue weighted by Crippen LogP contribution is -2.57. The van der Waals surface area contributed by atoms with E-state index >= 15 is 0 Å². The molecule has 0 spiro atoms. The summed E-state index contributed by atoms with van der Waals surface area (Å²) >= 11 is 1.65. The first-order chi connectivity index (χ1) is 8.11. The highest BCUT2D eigenvalue weighted by atomic mass is 32.2. The Balaban J connectivity index is 2.05. The number of nitrogens with zero attached hydrogens (tertiary/aromatic N) is 2. The van der Waals surface area contributed by atoms with Gasteiger partial charge in [-0.2, -0.15) is 0 Å². The molecule has 0 bridgehead atoms. The molecule has 0 aliphatic carbocycles. The van der Waals surface area contributed by atoms with Gasteiger partial charge in [-0.15, -0.1) is 11.8 Å². The Morgan fingerprint density at radius 2 is 2.12 bits per heavy atom. The molecule has 1 N–H and O–H groups in total. The summed E-state index contributed by atoms with van der Waals surface area (Å²) in [6, 6.07) is -0.0336. The average molecular weight is 257 g/mol. The van der Waals surface area contributed by atoms with Crippen LogP contribution in [0.15, 0.2) is 0 Å². The van der Waals surface area contributed by atoms with Crippen LogP contribution in [-0.2, 0) is 9.59 Å². The number of hydrogen-bond acceptors (Lipinski definition) is 4. The van der Waals surface area contributed by atoms with Gasteiger partial charge in [0, 0.05) is 38.4 Å². The highest BCUT2D eigenvalue weighted by Crippen LogP contribution is 2.23. The quantitative estimate of drug-likeness (QED) is 0.702. The molecule has 0 aromatic carbocycles. The van der Waals surface area contributed by atoms with Crippen LogP contribution >= 0.6 is 11.8 Å². The largest absolute Gasteiger partial charge is 0.336 e. The second-order valence-electron chi connectivity index (χ2n) is 4.59. The van der Waals surface area contributed by atoms with Crippen molar-refractivity contribution >= 4 is 23.6 Å². The van der Waals surface area contributed by atoms with Crippen molar-refractivity contribution in [2.24, 2.45) is 0 Å². The van der Waals surface area contributed by atoms with Crippen LogP contribution in [0.25, 0.3) is 0 Å². The first-order valence-electron chi connectivity index (χ1n) is 5.97. The van der Waals surface area contributed by atoms with Crippen LogP contribution in [0.5, 0.6) is 0 Å². The molecule has 0 saturated carbocycles. The Labute approximate surface area is 106 Å². The fourth-order valence-electron chi connectivity index (χ4n) is 2.32. The number of hydrogen-bond donors (Lipinski definition) is 1. The van der Waals surface area contributed by atoms with E-state index < -0.39 is 0 Å². The number of carbonyl (C=O) groups excluding carboxylic acids is 2. The number of thioether (sulfide) groups is 1. The Hall–Kier alpha value is -0.750. The monoisotopic (exact) mass is 257 g/mol. The second kappa shape index (κ2) is 5.27. The molecule has 5 nitrogen and oxygen atoms in total. The van der Waals surface area contributed by atoms with Crippen LogP contribution in [-0.4, -0.2) is 65.0 Å². The molecule has 0 aromatic rings. The number of piperazine rings is 1. The molecule has 0 radical (unpaired) electrons. The van der Waals surface area contributed by atoms with Gasteiger partial charge in [-0.25, -0.2) is 0 Å². The molecular formula is C11H19N3O2S. The molecule has 17 heavy (non-hydrogen) atoms. The van der Waals surface area contributed by atoms with Gasteiger partial charge in [0.05, 0.1) is 5.88 Å². The minimum Gasteiger partial charge on any atom is -0.336 e. The summed E-state index contributed by atoms with van der Waals surface area (Å²) in [6.45, 7) is 6.01. The fourth-order valence-corrected chi connectivity index (χ4v) is 3.53. The van der Waals surface area contributed by atoms with Crippen LogP contribution < -0.4 is 5.32 Å². The van der Waals surface area contributed by atoms with Gasteiger partial charge in [-0.05, 0) is 6.92 Å². The molecule has 2 heterocycles. The smallest absolute Gasteiger partial charge is 0.246 e. The van der Waals surface area contributed by atoms with Crippen LogP contribution in [0, 0.1) is 0 Å². The normalized spacial score (nSPS) is 29.5. The summed E-state index contributed by atoms with van der Waals surface area (Å²) in [5.74, 6) is 1.48. The van der Waals surface area contributed by atoms with E-state index in [-0.39, 0.29) is 23.9 Å². The molecule has 6 heteroatoms. The van der Waals surface area contributed by atoms with E-state index in [2.05, 4.69) is 5.32 Å². The molecule has 2 rings (SSSR count). The number of rotatable bonds is 1. The standard InChI is InChI=1S/C11H19N3O2S/c1-8-5-12-3-4-13(8)11(16)10-6-17-7-14(10)9(2)15/h8,10,12H,3-7H2,1-2H3/t8-,10-/m0/s1. The zero-order valence-corrected chi connectivity index (χ0v) is 11.1. The summed E-state index contributed by atoms with van der Waals surface area (Å²) in [6.07, 6.45) is 0. The Kier molecular flexibility index (Phi) is 3.93. The third-order valence-electron chi connectivity index (χ3n) is 3.36. The van der Waals surface area contributed by atoms with Gasteiger partial charge in [0.15, 0.2) is 0 Å². The van der Waals surface area contributed by atoms with Gasteiger partial charge in [-0.3, -0.25) is 9.59 Å². The molecule has 2 aliphatic rings. The Morgan fingerprint density at radius 3 is 2.76 bits per heavy atom. The molecule has 2 atom stereocenters. The Morgan fingerprint density at radius 1 is 1.35 bits per heavy atom. The van der Waals surface area contributed by atoms with Crippen molar-refractivity contribution in [1.82, 2.24) is 15.1 Å². The lowest BCUT2D eigenvalue weighted by Gasteiger charge is -2.37. The maximum absolute atomic E-state index is 12.4. The number of carbonyl (C=O) groups is 2. The van der Waals surface area contributed by atoms with Crippen LogP contribution in [0.4, 0.5) is 0 Å². The molecule has 96 valence electrons. The highest BCUT2D eigenvalue weighted by Gasteiger charge is 2.37. The number of amides is 2. The summed E-state index contributed by atoms with van der Waals surface area (Å²) in [7, 11) is 0. The van der Waals surface area contributed by atoms with Crippen LogP contribution in [0.2, 0.25) is 0 Å². The Bertz CT molecular complexity index is 324. The zero-order valence-electron chi connectivity index (χ0n) is 10.3. The number of nitrogens with one attached hydrogen (secondary N) is 1. The molecule has 0 aromatic heterocycles. The van der Waals surface area contributed by atoms with E-state index in [9.17, 15) is 9.59 Å². The SMILES string of the molecule is CC(=O)N1CSC[C@H]1C(=O)N1CCNC[C@@H]1C. The van der Waals surface area contributed by atoms with Gasteiger partial charge in [0.2, 0.25) is 11.8 Å². The lowest BCUT2D eigenvalue weighted by molar-refractivity contribution is -0.144. The first kappa shape index (κ1) is 12.7. The fraction of sp³-hybridized carbons (Fsp3) is 0.818. The van der Waals surface area contributed by atoms with Crippen LogP contribution in [0.1, 0.15) is 13.8 Å². The average Bonchev–Trinajstić information content (AvgIpc) is 2.77. The maximum Gasteiger partial charge on any atom is 0.246 e. The van der Waals surface area contributed by atoms with Crippen molar-refractivity contribution in [3.05, 3.63) is 0 Å². The molecule has 2 aliphatic heterocycles. The summed E-state index contributed by atoms with van der Waals surface area (Å²) in [4.78, 5) is 27.5. The van der Waals surface area contributed by atoms with E-state index in [1.165, 1.54) is 6.92 Å². The van der Waals surface area contributed by atoms with Gasteiger partial charge < -0.3 is 15.1 Å². The second-order valence-corrected chi connectivity index (χ2v) is 5.59. The molecule has 0 unspecified atom stereocenters. The van der Waals surface area contributed by atoms with Gasteiger partial charge in [-0.1, -0.05) is 0 Å². The van der Waals surface area contributed by atoms with Crippen molar-refractivity contribution in [3.63, 3.8) is 0 Å². The minimum atomic E-state index is -0.252. The van der Waals surface area contributed by atoms with Crippen molar-refractivity contribution in [1.29, 1.82) is 0 Å². The van der Waals surface area contributed by atoms with Crippen molar-refractivity contribution in [3.8, 4) is 0 Å². The van der Waals surface area contributed by atoms with Gasteiger partial charge in [0.1, 0.15) is 6.04 Å². The lowest BCUT2D eigenvalue weighted by atomic mass is 10.1. The van der Waals surface area contributed by atoms with E-state index in [1.807, 2.05) is 11.8 Å². The van der Waals surface area contributed by atoms with E-state index in [0.717, 1.165) is 25.4 Å². The maximum atomic E-state index is 12.4. The predicted molar refractivity (Wildman–Crippen MR) is 67.7 cm³/mol. The minimum absolute atomic E-state index is 0.00358. The summed E-state index contributed by atoms with van der Waals surface area (Å²) in [5.41, 5.74) is 0. The van der Waals surface area contributed by atoms with E-state index in [1.54, 1.807) is 16.7 Å². The van der Waals surface area contributed by atoms with Crippen molar-refractivity contribution < 1.29 is 9.59 Å². The van der Waals surface area contributed by atoms with E-state index in [4.69, 9.17) is 0 Å². The van der Waals surface area contributed by atoms with Crippen molar-refractivity contribution in [2.75, 3.05) is 31.3 Å². The molecule has 2 fully saturated rings. The van der Waals surface area contributed by atoms with Crippen LogP contribution in [0.3, 0.4) is 0 Å². The van der Waals surface area contributed by atoms with Crippen molar-refractivity contribution in [2.45, 2.75) is 25.9 Å². The zero-order chi connectivity index (χ0) is 12.4. The highest BCUT2D eigenvalue weighted by molar-refractivity contribution is 7.99. The van der Waals surface area contributed by atoms with Gasteiger partial charge in [0.25, 0.3) is 0 Å². The summed E-state index contributed by atoms with van der Waals surface area (Å²) in [5, 5.41) is 3.26. The summed E-state index contributed by atoms with van der Waals surface area (Å²) < 4.78 is 0. The van der Waals surface area contributed by atoms with E-state index in [0.29, 0.717) is 5.88 Å². The first-order valence-corrected chi connectivity index (χ1v) is 7.13. The topological polar surface area (TPSA) is 52.7 Å². The third kappa shape index (κ3) is 2.57.